The van der Waals surface area contributed by atoms with Crippen molar-refractivity contribution < 1.29 is 4.42 Å². The van der Waals surface area contributed by atoms with Crippen LogP contribution < -0.4 is 0 Å². The summed E-state index contributed by atoms with van der Waals surface area (Å²) in [5.41, 5.74) is 14.4. The number of fused-ring (bicyclic) bond motifs is 8. The van der Waals surface area contributed by atoms with Gasteiger partial charge in [-0.3, -0.25) is 0 Å². The molecule has 0 aliphatic rings. The average Bonchev–Trinajstić information content (AvgIpc) is 3.80. The first kappa shape index (κ1) is 37.7. The molecular weight excluding hydrogens is 703 g/mol. The Kier molecular flexibility index (Phi) is 11.0. The fourth-order valence-electron chi connectivity index (χ4n) is 7.76. The van der Waals surface area contributed by atoms with Crippen molar-refractivity contribution >= 4 is 60.1 Å². The second-order valence-electron chi connectivity index (χ2n) is 14.8. The van der Waals surface area contributed by atoms with Gasteiger partial charge >= 0.3 is 0 Å². The molecule has 0 radical (unpaired) electrons. The van der Waals surface area contributed by atoms with Gasteiger partial charge in [-0.1, -0.05) is 181 Å². The lowest BCUT2D eigenvalue weighted by Gasteiger charge is -2.10. The Morgan fingerprint density at radius 3 is 1.90 bits per heavy atom. The lowest BCUT2D eigenvalue weighted by Crippen LogP contribution is -1.93. The van der Waals surface area contributed by atoms with E-state index < -0.39 is 0 Å². The first-order valence-electron chi connectivity index (χ1n) is 19.9. The minimum absolute atomic E-state index is 0.966. The number of aryl methyl sites for hydroxylation is 3. The minimum atomic E-state index is 0.966. The van der Waals surface area contributed by atoms with Crippen LogP contribution in [0.15, 0.2) is 211 Å². The summed E-state index contributed by atoms with van der Waals surface area (Å²) in [6.07, 6.45) is 7.92. The third kappa shape index (κ3) is 7.78. The maximum absolute atomic E-state index is 5.71. The first-order chi connectivity index (χ1) is 28.4. The molecule has 282 valence electrons. The van der Waals surface area contributed by atoms with Crippen molar-refractivity contribution in [1.82, 2.24) is 4.57 Å². The number of hydrogen-bond donors (Lipinski definition) is 0. The molecule has 0 amide bonds. The molecule has 0 aliphatic carbocycles. The zero-order chi connectivity index (χ0) is 40.0. The number of benzene rings is 8. The van der Waals surface area contributed by atoms with Crippen LogP contribution in [0.2, 0.25) is 0 Å². The van der Waals surface area contributed by atoms with Crippen LogP contribution in [0.4, 0.5) is 0 Å². The summed E-state index contributed by atoms with van der Waals surface area (Å²) in [4.78, 5) is 0. The van der Waals surface area contributed by atoms with Gasteiger partial charge in [0.1, 0.15) is 11.2 Å². The Hall–Kier alpha value is -7.16. The van der Waals surface area contributed by atoms with E-state index in [2.05, 4.69) is 196 Å². The molecule has 58 heavy (non-hydrogen) atoms. The van der Waals surface area contributed by atoms with E-state index in [0.717, 1.165) is 11.2 Å². The molecule has 2 heteroatoms. The Morgan fingerprint density at radius 2 is 1.16 bits per heavy atom. The minimum Gasteiger partial charge on any atom is -0.456 e. The zero-order valence-electron chi connectivity index (χ0n) is 33.6. The molecule has 0 spiro atoms. The molecule has 2 heterocycles. The van der Waals surface area contributed by atoms with E-state index in [9.17, 15) is 0 Å². The second-order valence-corrected chi connectivity index (χ2v) is 14.8. The van der Waals surface area contributed by atoms with Crippen molar-refractivity contribution in [1.29, 1.82) is 0 Å². The van der Waals surface area contributed by atoms with E-state index in [1.807, 2.05) is 37.3 Å². The highest BCUT2D eigenvalue weighted by Crippen LogP contribution is 2.37. The van der Waals surface area contributed by atoms with Crippen LogP contribution in [0.5, 0.6) is 0 Å². The van der Waals surface area contributed by atoms with Gasteiger partial charge in [0, 0.05) is 27.2 Å². The Bertz CT molecular complexity index is 3100. The zero-order valence-corrected chi connectivity index (χ0v) is 33.6. The summed E-state index contributed by atoms with van der Waals surface area (Å²) >= 11 is 0. The van der Waals surface area contributed by atoms with Crippen molar-refractivity contribution in [3.63, 3.8) is 0 Å². The van der Waals surface area contributed by atoms with E-state index >= 15 is 0 Å². The third-order valence-corrected chi connectivity index (χ3v) is 10.7. The number of allylic oxidation sites excluding steroid dienone is 5. The van der Waals surface area contributed by atoms with Crippen molar-refractivity contribution in [3.8, 4) is 16.8 Å². The van der Waals surface area contributed by atoms with Gasteiger partial charge in [0.25, 0.3) is 0 Å². The Morgan fingerprint density at radius 1 is 0.517 bits per heavy atom. The molecule has 0 bridgehead atoms. The molecule has 2 aromatic heterocycles. The highest BCUT2D eigenvalue weighted by Gasteiger charge is 2.14. The van der Waals surface area contributed by atoms with Crippen LogP contribution in [0.25, 0.3) is 76.9 Å². The van der Waals surface area contributed by atoms with Crippen LogP contribution in [0, 0.1) is 20.8 Å². The molecular formula is C56H47NO. The van der Waals surface area contributed by atoms with Crippen molar-refractivity contribution in [3.05, 3.63) is 229 Å². The average molecular weight is 750 g/mol. The summed E-state index contributed by atoms with van der Waals surface area (Å²) < 4.78 is 8.09. The van der Waals surface area contributed by atoms with Gasteiger partial charge in [-0.25, -0.2) is 0 Å². The monoisotopic (exact) mass is 749 g/mol. The number of nitrogens with zero attached hydrogens (tertiary/aromatic N) is 1. The molecule has 0 N–H and O–H groups in total. The van der Waals surface area contributed by atoms with E-state index in [4.69, 9.17) is 4.42 Å². The molecule has 0 unspecified atom stereocenters. The smallest absolute Gasteiger partial charge is 0.135 e. The quantitative estimate of drug-likeness (QED) is 0.160. The standard InChI is InChI=1S/C29H21N.C14H16.C13H10O/c1-20-10-12-21(13-11-20)22-14-17-24(18-15-22)30-27-9-5-4-8-26(27)29-25-7-3-2-6-23(25)16-19-28(29)30;1-4-6-9-13(5-2)14-10-7-8-12(3)11-14;1-9-6-7-13-11(8-9)10-4-2-3-5-12(10)14-13/h2-19H,1H3;4-11H,1H2,2-3H3;2-8H,1H3/b;9-6-,13-5+;. The van der Waals surface area contributed by atoms with Crippen LogP contribution >= 0.6 is 0 Å². The van der Waals surface area contributed by atoms with Gasteiger partial charge in [-0.05, 0) is 103 Å². The maximum atomic E-state index is 5.71. The van der Waals surface area contributed by atoms with E-state index in [1.165, 1.54) is 88.0 Å². The molecule has 0 aliphatic heterocycles. The summed E-state index contributed by atoms with van der Waals surface area (Å²) in [6, 6.07) is 62.4. The van der Waals surface area contributed by atoms with Gasteiger partial charge in [-0.2, -0.15) is 0 Å². The summed E-state index contributed by atoms with van der Waals surface area (Å²) in [5, 5.41) is 7.62. The highest BCUT2D eigenvalue weighted by atomic mass is 16.3. The SMILES string of the molecule is C=C/C=C\C(=C/C)c1cccc(C)c1.Cc1ccc(-c2ccc(-n3c4ccccc4c4c5ccccc5ccc43)cc2)cc1.Cc1ccc2oc3ccccc3c2c1. The summed E-state index contributed by atoms with van der Waals surface area (Å²) in [5.74, 6) is 0. The first-order valence-corrected chi connectivity index (χ1v) is 19.9. The molecule has 0 fully saturated rings. The van der Waals surface area contributed by atoms with Crippen LogP contribution in [0.1, 0.15) is 29.2 Å². The maximum Gasteiger partial charge on any atom is 0.135 e. The van der Waals surface area contributed by atoms with Gasteiger partial charge in [0.05, 0.1) is 11.0 Å². The Labute approximate surface area is 341 Å². The lowest BCUT2D eigenvalue weighted by molar-refractivity contribution is 0.669. The van der Waals surface area contributed by atoms with Crippen molar-refractivity contribution in [2.45, 2.75) is 27.7 Å². The van der Waals surface area contributed by atoms with E-state index in [-0.39, 0.29) is 0 Å². The number of rotatable bonds is 5. The molecule has 0 atom stereocenters. The largest absolute Gasteiger partial charge is 0.456 e. The van der Waals surface area contributed by atoms with Gasteiger partial charge < -0.3 is 8.98 Å². The molecule has 10 aromatic rings. The fraction of sp³-hybridized carbons (Fsp3) is 0.0714. The molecule has 8 aromatic carbocycles. The number of para-hydroxylation sites is 2. The summed E-state index contributed by atoms with van der Waals surface area (Å²) in [6.45, 7) is 12.0. The summed E-state index contributed by atoms with van der Waals surface area (Å²) in [7, 11) is 0. The third-order valence-electron chi connectivity index (χ3n) is 10.7. The van der Waals surface area contributed by atoms with Gasteiger partial charge in [0.2, 0.25) is 0 Å². The molecule has 2 nitrogen and oxygen atoms in total. The highest BCUT2D eigenvalue weighted by molar-refractivity contribution is 6.21. The molecule has 0 saturated carbocycles. The lowest BCUT2D eigenvalue weighted by atomic mass is 10.0. The van der Waals surface area contributed by atoms with E-state index in [1.54, 1.807) is 6.08 Å². The number of aromatic nitrogens is 1. The molecule has 0 saturated heterocycles. The predicted molar refractivity (Wildman–Crippen MR) is 251 cm³/mol. The van der Waals surface area contributed by atoms with Crippen LogP contribution in [0.3, 0.4) is 0 Å². The normalized spacial score (nSPS) is 11.6. The van der Waals surface area contributed by atoms with Crippen LogP contribution in [-0.2, 0) is 0 Å². The topological polar surface area (TPSA) is 18.1 Å². The molecule has 10 rings (SSSR count). The fourth-order valence-corrected chi connectivity index (χ4v) is 7.76. The van der Waals surface area contributed by atoms with Crippen LogP contribution in [-0.4, -0.2) is 4.57 Å². The number of furan rings is 1. The Balaban J connectivity index is 0.000000140. The van der Waals surface area contributed by atoms with Gasteiger partial charge in [-0.15, -0.1) is 0 Å². The van der Waals surface area contributed by atoms with Crippen molar-refractivity contribution in [2.75, 3.05) is 0 Å². The van der Waals surface area contributed by atoms with E-state index in [0.29, 0.717) is 0 Å². The predicted octanol–water partition coefficient (Wildman–Crippen LogP) is 15.9. The number of hydrogen-bond acceptors (Lipinski definition) is 1. The van der Waals surface area contributed by atoms with Crippen molar-refractivity contribution in [2.24, 2.45) is 0 Å². The van der Waals surface area contributed by atoms with Gasteiger partial charge in [0.15, 0.2) is 0 Å². The second kappa shape index (κ2) is 16.9.